The van der Waals surface area contributed by atoms with Gasteiger partial charge in [0.05, 0.1) is 17.8 Å². The number of nitrogens with zero attached hydrogens (tertiary/aromatic N) is 5. The van der Waals surface area contributed by atoms with Gasteiger partial charge in [0.25, 0.3) is 0 Å². The van der Waals surface area contributed by atoms with Gasteiger partial charge < -0.3 is 19.9 Å². The smallest absolute Gasteiger partial charge is 0.321 e. The summed E-state index contributed by atoms with van der Waals surface area (Å²) in [5.41, 5.74) is 1.72. The fourth-order valence-electron chi connectivity index (χ4n) is 5.85. The maximum Gasteiger partial charge on any atom is 0.321 e. The lowest BCUT2D eigenvalue weighted by atomic mass is 9.68. The maximum absolute atomic E-state index is 13.5. The van der Waals surface area contributed by atoms with Gasteiger partial charge in [-0.05, 0) is 57.8 Å². The first kappa shape index (κ1) is 26.0. The molecule has 0 unspecified atom stereocenters. The number of ether oxygens (including phenoxy) is 1. The van der Waals surface area contributed by atoms with Crippen molar-refractivity contribution in [3.8, 4) is 0 Å². The van der Waals surface area contributed by atoms with Crippen LogP contribution in [0.3, 0.4) is 0 Å². The van der Waals surface area contributed by atoms with Crippen molar-refractivity contribution in [3.05, 3.63) is 60.2 Å². The Morgan fingerprint density at radius 1 is 1.14 bits per heavy atom. The molecule has 1 aromatic carbocycles. The predicted octanol–water partition coefficient (Wildman–Crippen LogP) is 2.64. The number of benzene rings is 1. The van der Waals surface area contributed by atoms with Gasteiger partial charge in [0.2, 0.25) is 5.91 Å². The van der Waals surface area contributed by atoms with E-state index in [1.165, 1.54) is 11.9 Å². The molecule has 2 aromatic rings. The SMILES string of the molecule is COCCCN1C(=O)N(CC(=O)NCc2ccncn2)CC12CCC(c1ccccc1)(N(C)C)CC2. The van der Waals surface area contributed by atoms with Crippen molar-refractivity contribution >= 4 is 11.9 Å². The lowest BCUT2D eigenvalue weighted by Crippen LogP contribution is -2.55. The van der Waals surface area contributed by atoms with Crippen LogP contribution in [0.15, 0.2) is 48.9 Å². The molecule has 1 aliphatic heterocycles. The number of nitrogens with one attached hydrogen (secondary N) is 1. The highest BCUT2D eigenvalue weighted by Crippen LogP contribution is 2.48. The molecule has 9 nitrogen and oxygen atoms in total. The van der Waals surface area contributed by atoms with Gasteiger partial charge in [-0.2, -0.15) is 0 Å². The summed E-state index contributed by atoms with van der Waals surface area (Å²) < 4.78 is 5.27. The highest BCUT2D eigenvalue weighted by molar-refractivity contribution is 5.86. The quantitative estimate of drug-likeness (QED) is 0.511. The van der Waals surface area contributed by atoms with Gasteiger partial charge in [-0.15, -0.1) is 0 Å². The number of urea groups is 1. The fraction of sp³-hybridized carbons (Fsp3) is 0.556. The average Bonchev–Trinajstić information content (AvgIpc) is 3.14. The van der Waals surface area contributed by atoms with Crippen molar-refractivity contribution in [2.75, 3.05) is 47.4 Å². The van der Waals surface area contributed by atoms with E-state index in [9.17, 15) is 9.59 Å². The van der Waals surface area contributed by atoms with Crippen LogP contribution in [0.1, 0.15) is 43.4 Å². The standard InChI is InChI=1S/C27H38N6O3/c1-31(2)27(22-8-5-4-6-9-22)13-11-26(12-14-27)20-32(25(35)33(26)16-7-17-36-3)19-24(34)29-18-23-10-15-28-21-30-23/h4-6,8-10,15,21H,7,11-14,16-20H2,1-3H3,(H,29,34). The first-order valence-electron chi connectivity index (χ1n) is 12.7. The Kier molecular flexibility index (Phi) is 8.21. The second kappa shape index (κ2) is 11.3. The molecule has 1 aromatic heterocycles. The van der Waals surface area contributed by atoms with Crippen LogP contribution in [0.5, 0.6) is 0 Å². The van der Waals surface area contributed by atoms with Gasteiger partial charge in [0, 0.05) is 38.5 Å². The molecule has 1 saturated carbocycles. The Labute approximate surface area is 213 Å². The summed E-state index contributed by atoms with van der Waals surface area (Å²) in [4.78, 5) is 40.4. The second-order valence-electron chi connectivity index (χ2n) is 10.1. The minimum atomic E-state index is -0.272. The molecule has 1 spiro atoms. The van der Waals surface area contributed by atoms with Crippen molar-refractivity contribution in [1.29, 1.82) is 0 Å². The Hall–Kier alpha value is -3.04. The Morgan fingerprint density at radius 3 is 2.53 bits per heavy atom. The number of rotatable bonds is 10. The molecule has 0 atom stereocenters. The molecule has 1 N–H and O–H groups in total. The number of aromatic nitrogens is 2. The van der Waals surface area contributed by atoms with Crippen molar-refractivity contribution < 1.29 is 14.3 Å². The third kappa shape index (κ3) is 5.37. The van der Waals surface area contributed by atoms with Gasteiger partial charge >= 0.3 is 6.03 Å². The third-order valence-electron chi connectivity index (χ3n) is 7.91. The summed E-state index contributed by atoms with van der Waals surface area (Å²) in [6.07, 6.45) is 7.55. The number of hydrogen-bond acceptors (Lipinski definition) is 6. The monoisotopic (exact) mass is 494 g/mol. The van der Waals surface area contributed by atoms with Crippen LogP contribution in [-0.2, 0) is 21.6 Å². The molecule has 3 amide bonds. The number of carbonyl (C=O) groups is 2. The molecule has 1 saturated heterocycles. The minimum Gasteiger partial charge on any atom is -0.385 e. The van der Waals surface area contributed by atoms with Crippen molar-refractivity contribution in [2.24, 2.45) is 0 Å². The zero-order valence-electron chi connectivity index (χ0n) is 21.7. The lowest BCUT2D eigenvalue weighted by Gasteiger charge is -2.51. The number of carbonyl (C=O) groups excluding carboxylic acids is 2. The van der Waals surface area contributed by atoms with Gasteiger partial charge in [-0.1, -0.05) is 30.3 Å². The van der Waals surface area contributed by atoms with E-state index in [1.54, 1.807) is 24.3 Å². The lowest BCUT2D eigenvalue weighted by molar-refractivity contribution is -0.121. The van der Waals surface area contributed by atoms with Crippen molar-refractivity contribution in [3.63, 3.8) is 0 Å². The topological polar surface area (TPSA) is 90.9 Å². The first-order chi connectivity index (χ1) is 17.4. The molecular formula is C27H38N6O3. The zero-order valence-corrected chi connectivity index (χ0v) is 21.7. The van der Waals surface area contributed by atoms with Crippen molar-refractivity contribution in [1.82, 2.24) is 30.0 Å². The van der Waals surface area contributed by atoms with E-state index in [2.05, 4.69) is 64.6 Å². The Bertz CT molecular complexity index is 1010. The van der Waals surface area contributed by atoms with Crippen LogP contribution in [0.25, 0.3) is 0 Å². The highest BCUT2D eigenvalue weighted by Gasteiger charge is 2.54. The molecule has 1 aliphatic carbocycles. The Morgan fingerprint density at radius 2 is 1.89 bits per heavy atom. The van der Waals surface area contributed by atoms with Gasteiger partial charge in [-0.25, -0.2) is 14.8 Å². The molecular weight excluding hydrogens is 456 g/mol. The van der Waals surface area contributed by atoms with Gasteiger partial charge in [0.1, 0.15) is 12.9 Å². The summed E-state index contributed by atoms with van der Waals surface area (Å²) in [5.74, 6) is -0.182. The van der Waals surface area contributed by atoms with E-state index in [0.717, 1.165) is 37.8 Å². The van der Waals surface area contributed by atoms with E-state index in [-0.39, 0.29) is 29.6 Å². The number of amides is 3. The minimum absolute atomic E-state index is 0.0456. The predicted molar refractivity (Wildman–Crippen MR) is 137 cm³/mol. The van der Waals surface area contributed by atoms with E-state index in [1.807, 2.05) is 4.90 Å². The molecule has 4 rings (SSSR count). The molecule has 194 valence electrons. The molecule has 36 heavy (non-hydrogen) atoms. The third-order valence-corrected chi connectivity index (χ3v) is 7.91. The molecule has 0 bridgehead atoms. The Balaban J connectivity index is 1.47. The fourth-order valence-corrected chi connectivity index (χ4v) is 5.85. The number of methoxy groups -OCH3 is 1. The second-order valence-corrected chi connectivity index (χ2v) is 10.1. The molecule has 0 radical (unpaired) electrons. The van der Waals surface area contributed by atoms with Crippen LogP contribution in [0.4, 0.5) is 4.79 Å². The van der Waals surface area contributed by atoms with E-state index in [4.69, 9.17) is 4.74 Å². The van der Waals surface area contributed by atoms with Crippen LogP contribution in [-0.4, -0.2) is 89.6 Å². The van der Waals surface area contributed by atoms with Gasteiger partial charge in [-0.3, -0.25) is 9.69 Å². The summed E-state index contributed by atoms with van der Waals surface area (Å²) in [6.45, 7) is 2.16. The summed E-state index contributed by atoms with van der Waals surface area (Å²) in [5, 5.41) is 2.89. The molecule has 2 fully saturated rings. The van der Waals surface area contributed by atoms with Crippen LogP contribution >= 0.6 is 0 Å². The summed E-state index contributed by atoms with van der Waals surface area (Å²) in [7, 11) is 5.98. The van der Waals surface area contributed by atoms with E-state index < -0.39 is 0 Å². The zero-order chi connectivity index (χ0) is 25.6. The van der Waals surface area contributed by atoms with Crippen LogP contribution in [0, 0.1) is 0 Å². The summed E-state index contributed by atoms with van der Waals surface area (Å²) >= 11 is 0. The van der Waals surface area contributed by atoms with E-state index >= 15 is 0 Å². The normalized spacial score (nSPS) is 24.1. The van der Waals surface area contributed by atoms with Gasteiger partial charge in [0.15, 0.2) is 0 Å². The van der Waals surface area contributed by atoms with Crippen molar-refractivity contribution in [2.45, 2.75) is 49.7 Å². The highest BCUT2D eigenvalue weighted by atomic mass is 16.5. The number of hydrogen-bond donors (Lipinski definition) is 1. The largest absolute Gasteiger partial charge is 0.385 e. The molecule has 9 heteroatoms. The van der Waals surface area contributed by atoms with E-state index in [0.29, 0.717) is 26.2 Å². The molecule has 2 heterocycles. The maximum atomic E-state index is 13.5. The van der Waals surface area contributed by atoms with Crippen LogP contribution in [0.2, 0.25) is 0 Å². The average molecular weight is 495 g/mol. The molecule has 2 aliphatic rings. The summed E-state index contributed by atoms with van der Waals surface area (Å²) in [6, 6.07) is 12.4. The first-order valence-corrected chi connectivity index (χ1v) is 12.7. The van der Waals surface area contributed by atoms with Crippen LogP contribution < -0.4 is 5.32 Å².